The van der Waals surface area contributed by atoms with Crippen molar-refractivity contribution < 1.29 is 9.53 Å². The van der Waals surface area contributed by atoms with Crippen LogP contribution in [0.25, 0.3) is 11.1 Å². The minimum absolute atomic E-state index is 0.182. The van der Waals surface area contributed by atoms with Gasteiger partial charge in [0, 0.05) is 23.1 Å². The van der Waals surface area contributed by atoms with Crippen LogP contribution in [0.15, 0.2) is 60.0 Å². The van der Waals surface area contributed by atoms with Crippen molar-refractivity contribution >= 4 is 22.2 Å². The largest absolute Gasteiger partial charge is 0.496 e. The zero-order valence-electron chi connectivity index (χ0n) is 13.3. The third-order valence-electron chi connectivity index (χ3n) is 3.74. The fourth-order valence-corrected chi connectivity index (χ4v) is 3.35. The molecule has 0 radical (unpaired) electrons. The van der Waals surface area contributed by atoms with E-state index in [4.69, 9.17) is 10.5 Å². The molecule has 0 unspecified atom stereocenters. The molecule has 0 saturated heterocycles. The number of nitrogens with one attached hydrogen (secondary N) is 1. The summed E-state index contributed by atoms with van der Waals surface area (Å²) in [7, 11) is 1.61. The van der Waals surface area contributed by atoms with E-state index in [0.29, 0.717) is 22.9 Å². The minimum Gasteiger partial charge on any atom is -0.496 e. The number of hydrogen-bond acceptors (Lipinski definition) is 4. The first kappa shape index (κ1) is 16.1. The monoisotopic (exact) mass is 338 g/mol. The van der Waals surface area contributed by atoms with Crippen molar-refractivity contribution in [3.05, 3.63) is 71.1 Å². The molecule has 1 aromatic heterocycles. The highest BCUT2D eigenvalue weighted by Crippen LogP contribution is 2.38. The molecule has 1 amide bonds. The van der Waals surface area contributed by atoms with Crippen LogP contribution in [0, 0.1) is 0 Å². The van der Waals surface area contributed by atoms with Crippen LogP contribution in [0.1, 0.15) is 15.9 Å². The van der Waals surface area contributed by atoms with Gasteiger partial charge in [-0.2, -0.15) is 0 Å². The number of para-hydroxylation sites is 1. The number of anilines is 1. The van der Waals surface area contributed by atoms with Gasteiger partial charge in [-0.05, 0) is 11.6 Å². The summed E-state index contributed by atoms with van der Waals surface area (Å²) in [4.78, 5) is 12.7. The van der Waals surface area contributed by atoms with E-state index in [1.54, 1.807) is 7.11 Å². The van der Waals surface area contributed by atoms with Crippen molar-refractivity contribution in [3.63, 3.8) is 0 Å². The van der Waals surface area contributed by atoms with E-state index < -0.39 is 0 Å². The van der Waals surface area contributed by atoms with Crippen LogP contribution >= 0.6 is 11.3 Å². The Morgan fingerprint density at radius 1 is 1.08 bits per heavy atom. The predicted octanol–water partition coefficient (Wildman–Crippen LogP) is 3.94. The third kappa shape index (κ3) is 3.26. The van der Waals surface area contributed by atoms with E-state index in [2.05, 4.69) is 5.32 Å². The van der Waals surface area contributed by atoms with E-state index in [1.165, 1.54) is 11.3 Å². The number of carbonyl (C=O) groups excluding carboxylic acids is 1. The van der Waals surface area contributed by atoms with E-state index >= 15 is 0 Å². The van der Waals surface area contributed by atoms with Crippen LogP contribution in [0.3, 0.4) is 0 Å². The molecule has 2 aromatic carbocycles. The first-order chi connectivity index (χ1) is 11.7. The summed E-state index contributed by atoms with van der Waals surface area (Å²) in [6.45, 7) is 0.459. The molecule has 0 bridgehead atoms. The number of carbonyl (C=O) groups is 1. The summed E-state index contributed by atoms with van der Waals surface area (Å²) in [5.74, 6) is 0.533. The average molecular weight is 338 g/mol. The second kappa shape index (κ2) is 7.19. The summed E-state index contributed by atoms with van der Waals surface area (Å²) < 4.78 is 5.41. The first-order valence-corrected chi connectivity index (χ1v) is 8.41. The van der Waals surface area contributed by atoms with Crippen LogP contribution in [-0.2, 0) is 6.54 Å². The normalized spacial score (nSPS) is 10.4. The van der Waals surface area contributed by atoms with Crippen molar-refractivity contribution in [2.75, 3.05) is 12.8 Å². The molecule has 0 aliphatic rings. The van der Waals surface area contributed by atoms with E-state index in [1.807, 2.05) is 60.0 Å². The fourth-order valence-electron chi connectivity index (χ4n) is 2.54. The highest BCUT2D eigenvalue weighted by Gasteiger charge is 2.20. The van der Waals surface area contributed by atoms with Gasteiger partial charge in [-0.15, -0.1) is 11.3 Å². The summed E-state index contributed by atoms with van der Waals surface area (Å²) >= 11 is 1.36. The van der Waals surface area contributed by atoms with Gasteiger partial charge >= 0.3 is 0 Å². The van der Waals surface area contributed by atoms with Crippen LogP contribution in [-0.4, -0.2) is 13.0 Å². The number of hydrogen-bond donors (Lipinski definition) is 2. The van der Waals surface area contributed by atoms with E-state index in [9.17, 15) is 4.79 Å². The van der Waals surface area contributed by atoms with Gasteiger partial charge < -0.3 is 15.8 Å². The molecule has 0 atom stereocenters. The van der Waals surface area contributed by atoms with Gasteiger partial charge in [-0.3, -0.25) is 4.79 Å². The molecule has 5 heteroatoms. The molecular weight excluding hydrogens is 320 g/mol. The zero-order chi connectivity index (χ0) is 16.9. The molecular formula is C19H18N2O2S. The number of thiophene rings is 1. The van der Waals surface area contributed by atoms with Gasteiger partial charge in [0.15, 0.2) is 0 Å². The van der Waals surface area contributed by atoms with Crippen molar-refractivity contribution in [1.82, 2.24) is 5.32 Å². The molecule has 0 fully saturated rings. The molecule has 0 aliphatic carbocycles. The SMILES string of the molecule is COc1ccccc1-c1csc(N)c1C(=O)NCc1ccccc1. The Hall–Kier alpha value is -2.79. The van der Waals surface area contributed by atoms with Crippen molar-refractivity contribution in [2.45, 2.75) is 6.54 Å². The Morgan fingerprint density at radius 2 is 1.79 bits per heavy atom. The summed E-state index contributed by atoms with van der Waals surface area (Å²) in [6.07, 6.45) is 0. The van der Waals surface area contributed by atoms with Crippen LogP contribution in [0.4, 0.5) is 5.00 Å². The molecule has 4 nitrogen and oxygen atoms in total. The van der Waals surface area contributed by atoms with Crippen molar-refractivity contribution in [3.8, 4) is 16.9 Å². The Morgan fingerprint density at radius 3 is 2.54 bits per heavy atom. The second-order valence-corrected chi connectivity index (χ2v) is 6.17. The lowest BCUT2D eigenvalue weighted by molar-refractivity contribution is 0.0953. The molecule has 0 aliphatic heterocycles. The van der Waals surface area contributed by atoms with Crippen molar-refractivity contribution in [1.29, 1.82) is 0 Å². The van der Waals surface area contributed by atoms with Gasteiger partial charge in [-0.1, -0.05) is 48.5 Å². The van der Waals surface area contributed by atoms with Gasteiger partial charge in [0.2, 0.25) is 0 Å². The standard InChI is InChI=1S/C19H18N2O2S/c1-23-16-10-6-5-9-14(16)15-12-24-18(20)17(15)19(22)21-11-13-7-3-2-4-8-13/h2-10,12H,11,20H2,1H3,(H,21,22). The van der Waals surface area contributed by atoms with Gasteiger partial charge in [0.05, 0.1) is 17.7 Å². The van der Waals surface area contributed by atoms with Crippen LogP contribution < -0.4 is 15.8 Å². The maximum absolute atomic E-state index is 12.7. The van der Waals surface area contributed by atoms with Crippen molar-refractivity contribution in [2.24, 2.45) is 0 Å². The Balaban J connectivity index is 1.88. The Kier molecular flexibility index (Phi) is 4.82. The number of benzene rings is 2. The maximum Gasteiger partial charge on any atom is 0.255 e. The highest BCUT2D eigenvalue weighted by molar-refractivity contribution is 7.15. The molecule has 24 heavy (non-hydrogen) atoms. The zero-order valence-corrected chi connectivity index (χ0v) is 14.1. The highest BCUT2D eigenvalue weighted by atomic mass is 32.1. The minimum atomic E-state index is -0.182. The number of nitrogens with two attached hydrogens (primary N) is 1. The van der Waals surface area contributed by atoms with Gasteiger partial charge in [0.1, 0.15) is 5.75 Å². The molecule has 0 saturated carbocycles. The molecule has 3 aromatic rings. The van der Waals surface area contributed by atoms with Crippen LogP contribution in [0.5, 0.6) is 5.75 Å². The number of amides is 1. The molecule has 1 heterocycles. The molecule has 3 rings (SSSR count). The van der Waals surface area contributed by atoms with Crippen LogP contribution in [0.2, 0.25) is 0 Å². The predicted molar refractivity (Wildman–Crippen MR) is 98.3 cm³/mol. The summed E-state index contributed by atoms with van der Waals surface area (Å²) in [5.41, 5.74) is 9.25. The second-order valence-electron chi connectivity index (χ2n) is 5.26. The number of nitrogen functional groups attached to an aromatic ring is 1. The number of rotatable bonds is 5. The summed E-state index contributed by atoms with van der Waals surface area (Å²) in [5, 5.41) is 5.33. The lowest BCUT2D eigenvalue weighted by Crippen LogP contribution is -2.23. The maximum atomic E-state index is 12.7. The van der Waals surface area contributed by atoms with Gasteiger partial charge in [0.25, 0.3) is 5.91 Å². The summed E-state index contributed by atoms with van der Waals surface area (Å²) in [6, 6.07) is 17.4. The smallest absolute Gasteiger partial charge is 0.255 e. The molecule has 0 spiro atoms. The Labute approximate surface area is 144 Å². The van der Waals surface area contributed by atoms with E-state index in [-0.39, 0.29) is 5.91 Å². The lowest BCUT2D eigenvalue weighted by atomic mass is 10.0. The van der Waals surface area contributed by atoms with Gasteiger partial charge in [-0.25, -0.2) is 0 Å². The van der Waals surface area contributed by atoms with E-state index in [0.717, 1.165) is 16.7 Å². The number of ether oxygens (including phenoxy) is 1. The topological polar surface area (TPSA) is 64.3 Å². The molecule has 3 N–H and O–H groups in total. The average Bonchev–Trinajstić information content (AvgIpc) is 3.02. The first-order valence-electron chi connectivity index (χ1n) is 7.53. The quantitative estimate of drug-likeness (QED) is 0.741. The molecule has 122 valence electrons. The third-order valence-corrected chi connectivity index (χ3v) is 4.55. The fraction of sp³-hybridized carbons (Fsp3) is 0.105. The lowest BCUT2D eigenvalue weighted by Gasteiger charge is -2.10. The Bertz CT molecular complexity index is 844. The number of methoxy groups -OCH3 is 1.